The lowest BCUT2D eigenvalue weighted by Gasteiger charge is -2.21. The van der Waals surface area contributed by atoms with Gasteiger partial charge in [-0.05, 0) is 50.6 Å². The first-order valence-electron chi connectivity index (χ1n) is 9.13. The largest absolute Gasteiger partial charge is 0.316 e. The van der Waals surface area contributed by atoms with Crippen molar-refractivity contribution >= 4 is 49.2 Å². The highest BCUT2D eigenvalue weighted by molar-refractivity contribution is 8.13. The van der Waals surface area contributed by atoms with E-state index in [0.29, 0.717) is 28.9 Å². The summed E-state index contributed by atoms with van der Waals surface area (Å²) in [6, 6.07) is 7.88. The van der Waals surface area contributed by atoms with Crippen molar-refractivity contribution in [3.8, 4) is 0 Å². The summed E-state index contributed by atoms with van der Waals surface area (Å²) in [5, 5.41) is 4.89. The first kappa shape index (κ1) is 22.2. The van der Waals surface area contributed by atoms with E-state index in [1.165, 1.54) is 27.8 Å². The van der Waals surface area contributed by atoms with Gasteiger partial charge < -0.3 is 5.32 Å². The van der Waals surface area contributed by atoms with Gasteiger partial charge in [0, 0.05) is 47.0 Å². The summed E-state index contributed by atoms with van der Waals surface area (Å²) < 4.78 is 27.4. The minimum Gasteiger partial charge on any atom is -0.316 e. The van der Waals surface area contributed by atoms with Crippen LogP contribution in [0.3, 0.4) is 0 Å². The van der Waals surface area contributed by atoms with E-state index < -0.39 is 10.0 Å². The van der Waals surface area contributed by atoms with Crippen LogP contribution in [0.1, 0.15) is 24.7 Å². The maximum atomic E-state index is 13.0. The first-order chi connectivity index (χ1) is 14.3. The second-order valence-corrected chi connectivity index (χ2v) is 10.0. The number of carbonyl (C=O) groups is 1. The molecular weight excluding hydrogens is 442 g/mol. The summed E-state index contributed by atoms with van der Waals surface area (Å²) >= 11 is 2.15. The summed E-state index contributed by atoms with van der Waals surface area (Å²) in [5.41, 5.74) is 2.04. The maximum Gasteiger partial charge on any atom is 0.291 e. The fraction of sp³-hybridized carbons (Fsp3) is 0.263. The fourth-order valence-corrected chi connectivity index (χ4v) is 5.79. The van der Waals surface area contributed by atoms with Gasteiger partial charge in [0.05, 0.1) is 4.90 Å². The van der Waals surface area contributed by atoms with E-state index in [2.05, 4.69) is 20.3 Å². The van der Waals surface area contributed by atoms with E-state index in [-0.39, 0.29) is 10.1 Å². The molecule has 3 aromatic rings. The first-order valence-corrected chi connectivity index (χ1v) is 12.3. The molecule has 30 heavy (non-hydrogen) atoms. The molecule has 0 spiro atoms. The SMILES string of the molecule is CCCN(c1nccs1)S(=O)(=O)c1ccc(NC(=O)Sc2nc(C)cc(C)n2)cc1. The van der Waals surface area contributed by atoms with Crippen molar-refractivity contribution < 1.29 is 13.2 Å². The molecule has 1 amide bonds. The number of hydrogen-bond donors (Lipinski definition) is 1. The van der Waals surface area contributed by atoms with Crippen LogP contribution in [0.4, 0.5) is 15.6 Å². The highest BCUT2D eigenvalue weighted by atomic mass is 32.2. The molecule has 158 valence electrons. The summed E-state index contributed by atoms with van der Waals surface area (Å²) in [7, 11) is -3.75. The van der Waals surface area contributed by atoms with E-state index in [1.807, 2.05) is 26.8 Å². The van der Waals surface area contributed by atoms with Gasteiger partial charge in [-0.1, -0.05) is 6.92 Å². The number of anilines is 2. The van der Waals surface area contributed by atoms with Crippen molar-refractivity contribution in [2.75, 3.05) is 16.2 Å². The molecule has 8 nitrogen and oxygen atoms in total. The Hall–Kier alpha value is -2.50. The molecule has 0 fully saturated rings. The molecule has 0 aliphatic heterocycles. The van der Waals surface area contributed by atoms with E-state index >= 15 is 0 Å². The number of nitrogens with zero attached hydrogens (tertiary/aromatic N) is 4. The number of aryl methyl sites for hydroxylation is 2. The Morgan fingerprint density at radius 1 is 1.17 bits per heavy atom. The van der Waals surface area contributed by atoms with E-state index in [0.717, 1.165) is 23.1 Å². The number of rotatable bonds is 7. The Morgan fingerprint density at radius 2 is 1.83 bits per heavy atom. The maximum absolute atomic E-state index is 13.0. The number of sulfonamides is 1. The van der Waals surface area contributed by atoms with E-state index in [1.54, 1.807) is 23.7 Å². The molecule has 2 aromatic heterocycles. The van der Waals surface area contributed by atoms with Crippen LogP contribution in [0, 0.1) is 13.8 Å². The predicted octanol–water partition coefficient (Wildman–Crippen LogP) is 4.48. The molecule has 0 unspecified atom stereocenters. The summed E-state index contributed by atoms with van der Waals surface area (Å²) in [6.07, 6.45) is 2.23. The number of thiazole rings is 1. The quantitative estimate of drug-likeness (QED) is 0.407. The van der Waals surface area contributed by atoms with E-state index in [9.17, 15) is 13.2 Å². The average Bonchev–Trinajstić information content (AvgIpc) is 3.19. The van der Waals surface area contributed by atoms with Crippen LogP contribution >= 0.6 is 23.1 Å². The Labute approximate surface area is 183 Å². The number of thioether (sulfide) groups is 1. The van der Waals surface area contributed by atoms with Crippen LogP contribution in [0.5, 0.6) is 0 Å². The Bertz CT molecular complexity index is 1100. The van der Waals surface area contributed by atoms with Crippen molar-refractivity contribution in [2.24, 2.45) is 0 Å². The van der Waals surface area contributed by atoms with Gasteiger partial charge in [0.25, 0.3) is 15.3 Å². The number of hydrogen-bond acceptors (Lipinski definition) is 8. The molecule has 0 saturated heterocycles. The summed E-state index contributed by atoms with van der Waals surface area (Å²) in [4.78, 5) is 25.0. The molecule has 2 heterocycles. The average molecular weight is 464 g/mol. The Kier molecular flexibility index (Phi) is 7.06. The molecule has 0 aliphatic rings. The number of carbonyl (C=O) groups excluding carboxylic acids is 1. The second-order valence-electron chi connectivity index (χ2n) is 6.36. The number of benzene rings is 1. The standard InChI is InChI=1S/C19H21N5O3S3/c1-4-10-24(18-20-9-11-28-18)30(26,27)16-7-5-15(6-8-16)23-19(25)29-17-21-13(2)12-14(3)22-17/h5-9,11-12H,4,10H2,1-3H3,(H,23,25). The molecule has 0 bridgehead atoms. The monoisotopic (exact) mass is 463 g/mol. The molecule has 3 rings (SSSR count). The second kappa shape index (κ2) is 9.54. The molecule has 0 atom stereocenters. The summed E-state index contributed by atoms with van der Waals surface area (Å²) in [6.45, 7) is 5.92. The van der Waals surface area contributed by atoms with E-state index in [4.69, 9.17) is 0 Å². The highest BCUT2D eigenvalue weighted by Gasteiger charge is 2.26. The lowest BCUT2D eigenvalue weighted by Crippen LogP contribution is -2.31. The van der Waals surface area contributed by atoms with Gasteiger partial charge in [-0.15, -0.1) is 11.3 Å². The third-order valence-electron chi connectivity index (χ3n) is 3.89. The lowest BCUT2D eigenvalue weighted by atomic mass is 10.3. The smallest absolute Gasteiger partial charge is 0.291 e. The molecule has 1 N–H and O–H groups in total. The molecular formula is C19H21N5O3S3. The fourth-order valence-electron chi connectivity index (χ4n) is 2.66. The molecule has 0 radical (unpaired) electrons. The third-order valence-corrected chi connectivity index (χ3v) is 7.26. The van der Waals surface area contributed by atoms with Crippen LogP contribution in [0.15, 0.2) is 52.0 Å². The number of aromatic nitrogens is 3. The Balaban J connectivity index is 1.73. The van der Waals surface area contributed by atoms with Gasteiger partial charge in [-0.2, -0.15) is 0 Å². The highest BCUT2D eigenvalue weighted by Crippen LogP contribution is 2.27. The van der Waals surface area contributed by atoms with Gasteiger partial charge in [0.1, 0.15) is 0 Å². The molecule has 11 heteroatoms. The zero-order chi connectivity index (χ0) is 21.7. The number of amides is 1. The van der Waals surface area contributed by atoms with Crippen LogP contribution in [-0.4, -0.2) is 35.2 Å². The molecule has 0 aliphatic carbocycles. The van der Waals surface area contributed by atoms with Crippen LogP contribution in [-0.2, 0) is 10.0 Å². The van der Waals surface area contributed by atoms with Gasteiger partial charge in [0.15, 0.2) is 10.3 Å². The lowest BCUT2D eigenvalue weighted by molar-refractivity contribution is 0.269. The van der Waals surface area contributed by atoms with Gasteiger partial charge >= 0.3 is 0 Å². The van der Waals surface area contributed by atoms with Crippen molar-refractivity contribution in [1.29, 1.82) is 0 Å². The topological polar surface area (TPSA) is 105 Å². The minimum absolute atomic E-state index is 0.134. The van der Waals surface area contributed by atoms with Crippen molar-refractivity contribution in [3.05, 3.63) is 53.3 Å². The zero-order valence-corrected chi connectivity index (χ0v) is 19.1. The van der Waals surface area contributed by atoms with Crippen LogP contribution in [0.25, 0.3) is 0 Å². The minimum atomic E-state index is -3.75. The Morgan fingerprint density at radius 3 is 2.40 bits per heavy atom. The zero-order valence-electron chi connectivity index (χ0n) is 16.7. The normalized spacial score (nSPS) is 11.3. The molecule has 1 aromatic carbocycles. The van der Waals surface area contributed by atoms with Crippen molar-refractivity contribution in [1.82, 2.24) is 15.0 Å². The third kappa shape index (κ3) is 5.35. The van der Waals surface area contributed by atoms with Crippen molar-refractivity contribution in [2.45, 2.75) is 37.2 Å². The van der Waals surface area contributed by atoms with Crippen LogP contribution < -0.4 is 9.62 Å². The van der Waals surface area contributed by atoms with Gasteiger partial charge in [-0.3, -0.25) is 4.79 Å². The predicted molar refractivity (Wildman–Crippen MR) is 120 cm³/mol. The number of nitrogens with one attached hydrogen (secondary N) is 1. The summed E-state index contributed by atoms with van der Waals surface area (Å²) in [5.74, 6) is 0. The van der Waals surface area contributed by atoms with Gasteiger partial charge in [-0.25, -0.2) is 27.7 Å². The molecule has 0 saturated carbocycles. The van der Waals surface area contributed by atoms with Gasteiger partial charge in [0.2, 0.25) is 0 Å². The van der Waals surface area contributed by atoms with Crippen molar-refractivity contribution in [3.63, 3.8) is 0 Å². The van der Waals surface area contributed by atoms with Crippen LogP contribution in [0.2, 0.25) is 0 Å².